The van der Waals surface area contributed by atoms with E-state index in [2.05, 4.69) is 10.3 Å². The van der Waals surface area contributed by atoms with Crippen molar-refractivity contribution in [1.82, 2.24) is 10.3 Å². The van der Waals surface area contributed by atoms with Crippen LogP contribution in [0.2, 0.25) is 0 Å². The molecule has 1 saturated carbocycles. The monoisotopic (exact) mass is 269 g/mol. The van der Waals surface area contributed by atoms with Gasteiger partial charge in [-0.3, -0.25) is 4.79 Å². The summed E-state index contributed by atoms with van der Waals surface area (Å²) in [5.74, 6) is -0.122. The molecular formula is C16H19N3O. The number of rotatable bonds is 3. The van der Waals surface area contributed by atoms with Crippen molar-refractivity contribution in [1.29, 1.82) is 0 Å². The Balaban J connectivity index is 1.85. The Morgan fingerprint density at radius 2 is 1.95 bits per heavy atom. The summed E-state index contributed by atoms with van der Waals surface area (Å²) in [6.45, 7) is 0.492. The van der Waals surface area contributed by atoms with Crippen molar-refractivity contribution in [3.8, 4) is 0 Å². The van der Waals surface area contributed by atoms with Crippen LogP contribution in [-0.2, 0) is 0 Å². The zero-order valence-corrected chi connectivity index (χ0v) is 11.4. The quantitative estimate of drug-likeness (QED) is 0.898. The summed E-state index contributed by atoms with van der Waals surface area (Å²) in [5, 5.41) is 4.14. The van der Waals surface area contributed by atoms with Crippen LogP contribution in [0, 0.1) is 0 Å². The normalized spacial score (nSPS) is 17.2. The molecule has 4 heteroatoms. The summed E-state index contributed by atoms with van der Waals surface area (Å²) in [6, 6.07) is 11.5. The Morgan fingerprint density at radius 1 is 1.20 bits per heavy atom. The molecule has 4 nitrogen and oxygen atoms in total. The van der Waals surface area contributed by atoms with Crippen molar-refractivity contribution in [2.75, 3.05) is 6.54 Å². The molecule has 0 radical (unpaired) electrons. The lowest BCUT2D eigenvalue weighted by Crippen LogP contribution is -2.51. The van der Waals surface area contributed by atoms with Crippen LogP contribution in [0.15, 0.2) is 36.4 Å². The van der Waals surface area contributed by atoms with E-state index < -0.39 is 0 Å². The maximum atomic E-state index is 12.4. The molecule has 0 aliphatic heterocycles. The number of hydrogen-bond acceptors (Lipinski definition) is 3. The van der Waals surface area contributed by atoms with Gasteiger partial charge in [0.1, 0.15) is 5.69 Å². The molecule has 2 aromatic rings. The van der Waals surface area contributed by atoms with Gasteiger partial charge >= 0.3 is 0 Å². The fourth-order valence-electron chi connectivity index (χ4n) is 2.93. The molecule has 1 aliphatic carbocycles. The molecule has 0 unspecified atom stereocenters. The van der Waals surface area contributed by atoms with Crippen molar-refractivity contribution in [3.05, 3.63) is 42.1 Å². The van der Waals surface area contributed by atoms with E-state index in [0.29, 0.717) is 12.2 Å². The van der Waals surface area contributed by atoms with Crippen LogP contribution in [0.3, 0.4) is 0 Å². The second kappa shape index (κ2) is 5.21. The molecule has 1 aromatic carbocycles. The van der Waals surface area contributed by atoms with Crippen LogP contribution in [0.4, 0.5) is 0 Å². The van der Waals surface area contributed by atoms with Crippen molar-refractivity contribution >= 4 is 16.8 Å². The smallest absolute Gasteiger partial charge is 0.270 e. The zero-order valence-electron chi connectivity index (χ0n) is 11.4. The molecule has 0 spiro atoms. The van der Waals surface area contributed by atoms with Gasteiger partial charge in [-0.25, -0.2) is 4.98 Å². The van der Waals surface area contributed by atoms with Crippen LogP contribution in [0.5, 0.6) is 0 Å². The van der Waals surface area contributed by atoms with Gasteiger partial charge in [-0.2, -0.15) is 0 Å². The minimum absolute atomic E-state index is 0.122. The molecule has 20 heavy (non-hydrogen) atoms. The first-order valence-electron chi connectivity index (χ1n) is 7.11. The fourth-order valence-corrected chi connectivity index (χ4v) is 2.93. The van der Waals surface area contributed by atoms with Crippen molar-refractivity contribution in [3.63, 3.8) is 0 Å². The number of nitrogens with zero attached hydrogens (tertiary/aromatic N) is 1. The van der Waals surface area contributed by atoms with E-state index in [1.165, 1.54) is 0 Å². The van der Waals surface area contributed by atoms with Crippen LogP contribution in [-0.4, -0.2) is 23.0 Å². The van der Waals surface area contributed by atoms with Gasteiger partial charge < -0.3 is 11.1 Å². The topological polar surface area (TPSA) is 68.0 Å². The molecule has 3 N–H and O–H groups in total. The molecule has 0 bridgehead atoms. The maximum Gasteiger partial charge on any atom is 0.270 e. The van der Waals surface area contributed by atoms with Gasteiger partial charge in [0, 0.05) is 11.9 Å². The molecule has 3 rings (SSSR count). The number of pyridine rings is 1. The number of fused-ring (bicyclic) bond motifs is 1. The fraction of sp³-hybridized carbons (Fsp3) is 0.375. The third-order valence-electron chi connectivity index (χ3n) is 4.16. The van der Waals surface area contributed by atoms with Crippen LogP contribution in [0.1, 0.15) is 36.2 Å². The molecule has 1 heterocycles. The number of para-hydroxylation sites is 1. The highest BCUT2D eigenvalue weighted by Gasteiger charge is 2.34. The highest BCUT2D eigenvalue weighted by molar-refractivity contribution is 5.95. The molecule has 1 aliphatic rings. The summed E-state index contributed by atoms with van der Waals surface area (Å²) >= 11 is 0. The molecule has 1 aromatic heterocycles. The second-order valence-electron chi connectivity index (χ2n) is 5.53. The van der Waals surface area contributed by atoms with Gasteiger partial charge in [0.2, 0.25) is 0 Å². The number of aromatic nitrogens is 1. The number of hydrogen-bond donors (Lipinski definition) is 2. The Labute approximate surface area is 118 Å². The van der Waals surface area contributed by atoms with Crippen LogP contribution < -0.4 is 11.1 Å². The number of amides is 1. The molecule has 104 valence electrons. The van der Waals surface area contributed by atoms with Crippen LogP contribution in [0.25, 0.3) is 10.9 Å². The van der Waals surface area contributed by atoms with Gasteiger partial charge in [0.15, 0.2) is 0 Å². The van der Waals surface area contributed by atoms with E-state index in [9.17, 15) is 4.79 Å². The first-order chi connectivity index (χ1) is 9.72. The highest BCUT2D eigenvalue weighted by Crippen LogP contribution is 2.28. The van der Waals surface area contributed by atoms with Gasteiger partial charge in [-0.1, -0.05) is 37.1 Å². The summed E-state index contributed by atoms with van der Waals surface area (Å²) in [6.07, 6.45) is 4.18. The summed E-state index contributed by atoms with van der Waals surface area (Å²) in [5.41, 5.74) is 6.92. The van der Waals surface area contributed by atoms with E-state index in [1.54, 1.807) is 6.07 Å². The third-order valence-corrected chi connectivity index (χ3v) is 4.16. The molecule has 1 amide bonds. The number of carbonyl (C=O) groups excluding carboxylic acids is 1. The standard InChI is InChI=1S/C16H19N3O/c17-11-16(9-3-4-10-16)19-15(20)14-8-7-12-5-1-2-6-13(12)18-14/h1-2,5-8H,3-4,9-11,17H2,(H,19,20). The summed E-state index contributed by atoms with van der Waals surface area (Å²) in [7, 11) is 0. The number of benzene rings is 1. The lowest BCUT2D eigenvalue weighted by molar-refractivity contribution is 0.0898. The van der Waals surface area contributed by atoms with Crippen molar-refractivity contribution < 1.29 is 4.79 Å². The van der Waals surface area contributed by atoms with Gasteiger partial charge in [-0.15, -0.1) is 0 Å². The molecule has 1 fully saturated rings. The highest BCUT2D eigenvalue weighted by atomic mass is 16.2. The van der Waals surface area contributed by atoms with E-state index in [4.69, 9.17) is 5.73 Å². The molecular weight excluding hydrogens is 250 g/mol. The predicted octanol–water partition coefficient (Wildman–Crippen LogP) is 2.24. The number of nitrogens with two attached hydrogens (primary N) is 1. The Kier molecular flexibility index (Phi) is 3.40. The largest absolute Gasteiger partial charge is 0.344 e. The van der Waals surface area contributed by atoms with Gasteiger partial charge in [-0.05, 0) is 25.0 Å². The van der Waals surface area contributed by atoms with E-state index >= 15 is 0 Å². The van der Waals surface area contributed by atoms with Crippen LogP contribution >= 0.6 is 0 Å². The van der Waals surface area contributed by atoms with Gasteiger partial charge in [0.25, 0.3) is 5.91 Å². The summed E-state index contributed by atoms with van der Waals surface area (Å²) in [4.78, 5) is 16.8. The Bertz CT molecular complexity index is 632. The number of carbonyl (C=O) groups is 1. The van der Waals surface area contributed by atoms with Gasteiger partial charge in [0.05, 0.1) is 11.1 Å². The first kappa shape index (κ1) is 13.1. The van der Waals surface area contributed by atoms with E-state index in [0.717, 1.165) is 36.6 Å². The summed E-state index contributed by atoms with van der Waals surface area (Å²) < 4.78 is 0. The maximum absolute atomic E-state index is 12.4. The average Bonchev–Trinajstić information content (AvgIpc) is 2.96. The van der Waals surface area contributed by atoms with Crippen molar-refractivity contribution in [2.24, 2.45) is 5.73 Å². The predicted molar refractivity (Wildman–Crippen MR) is 79.5 cm³/mol. The molecule has 0 atom stereocenters. The van der Waals surface area contributed by atoms with E-state index in [-0.39, 0.29) is 11.4 Å². The molecule has 0 saturated heterocycles. The lowest BCUT2D eigenvalue weighted by atomic mass is 9.97. The third kappa shape index (κ3) is 2.39. The second-order valence-corrected chi connectivity index (χ2v) is 5.53. The first-order valence-corrected chi connectivity index (χ1v) is 7.11. The minimum atomic E-state index is -0.232. The minimum Gasteiger partial charge on any atom is -0.344 e. The average molecular weight is 269 g/mol. The lowest BCUT2D eigenvalue weighted by Gasteiger charge is -2.28. The van der Waals surface area contributed by atoms with Crippen molar-refractivity contribution in [2.45, 2.75) is 31.2 Å². The van der Waals surface area contributed by atoms with E-state index in [1.807, 2.05) is 30.3 Å². The Hall–Kier alpha value is -1.94. The number of nitrogens with one attached hydrogen (secondary N) is 1. The zero-order chi connectivity index (χ0) is 14.0. The SMILES string of the molecule is NCC1(NC(=O)c2ccc3ccccc3n2)CCCC1. The Morgan fingerprint density at radius 3 is 2.70 bits per heavy atom.